The van der Waals surface area contributed by atoms with Crippen molar-refractivity contribution in [3.05, 3.63) is 34.9 Å². The molecule has 1 N–H and O–H groups in total. The highest BCUT2D eigenvalue weighted by Crippen LogP contribution is 2.12. The largest absolute Gasteiger partial charge is 0.337 e. The molecule has 1 aliphatic rings. The third kappa shape index (κ3) is 3.87. The number of hydrogen-bond donors (Lipinski definition) is 1. The second-order valence-corrected chi connectivity index (χ2v) is 4.88. The number of hydrogen-bond acceptors (Lipinski definition) is 2. The highest BCUT2D eigenvalue weighted by Gasteiger charge is 2.22. The van der Waals surface area contributed by atoms with Gasteiger partial charge in [-0.3, -0.25) is 4.79 Å². The molecule has 1 heterocycles. The van der Waals surface area contributed by atoms with Gasteiger partial charge in [0, 0.05) is 30.7 Å². The number of amides is 1. The van der Waals surface area contributed by atoms with E-state index in [1.165, 1.54) is 0 Å². The van der Waals surface area contributed by atoms with Crippen LogP contribution in [0, 0.1) is 0 Å². The first-order chi connectivity index (χ1) is 8.16. The van der Waals surface area contributed by atoms with Gasteiger partial charge in [0.2, 0.25) is 5.91 Å². The van der Waals surface area contributed by atoms with Crippen molar-refractivity contribution < 1.29 is 4.79 Å². The molecule has 0 spiro atoms. The van der Waals surface area contributed by atoms with E-state index in [1.807, 2.05) is 29.2 Å². The molecule has 5 heteroatoms. The summed E-state index contributed by atoms with van der Waals surface area (Å²) in [5.74, 6) is 0.196. The maximum absolute atomic E-state index is 12.1. The molecule has 1 aromatic carbocycles. The summed E-state index contributed by atoms with van der Waals surface area (Å²) < 4.78 is 0. The lowest BCUT2D eigenvalue weighted by Gasteiger charge is -2.34. The zero-order valence-corrected chi connectivity index (χ0v) is 11.9. The lowest BCUT2D eigenvalue weighted by Crippen LogP contribution is -2.52. The lowest BCUT2D eigenvalue weighted by atomic mass is 10.1. The Hall–Kier alpha value is -0.770. The van der Waals surface area contributed by atoms with Gasteiger partial charge in [0.1, 0.15) is 0 Å². The van der Waals surface area contributed by atoms with Gasteiger partial charge in [-0.25, -0.2) is 0 Å². The van der Waals surface area contributed by atoms with E-state index in [1.54, 1.807) is 0 Å². The van der Waals surface area contributed by atoms with Crippen molar-refractivity contribution in [2.24, 2.45) is 0 Å². The van der Waals surface area contributed by atoms with E-state index >= 15 is 0 Å². The predicted molar refractivity (Wildman–Crippen MR) is 76.4 cm³/mol. The average molecular weight is 289 g/mol. The fourth-order valence-electron chi connectivity index (χ4n) is 2.09. The van der Waals surface area contributed by atoms with Gasteiger partial charge in [0.15, 0.2) is 0 Å². The standard InChI is InChI=1S/C13H17ClN2O.ClH/c1-10-9-15-6-7-16(10)13(17)8-11-2-4-12(14)5-3-11;/h2-5,10,15H,6-9H2,1H3;1H/t10-;/m0./s1. The van der Waals surface area contributed by atoms with Gasteiger partial charge in [0.25, 0.3) is 0 Å². The highest BCUT2D eigenvalue weighted by molar-refractivity contribution is 6.30. The van der Waals surface area contributed by atoms with Crippen LogP contribution in [0.5, 0.6) is 0 Å². The Morgan fingerprint density at radius 1 is 1.44 bits per heavy atom. The maximum atomic E-state index is 12.1. The van der Waals surface area contributed by atoms with Crippen LogP contribution in [0.1, 0.15) is 12.5 Å². The minimum atomic E-state index is 0. The van der Waals surface area contributed by atoms with Gasteiger partial charge in [-0.05, 0) is 24.6 Å². The van der Waals surface area contributed by atoms with E-state index in [0.29, 0.717) is 11.4 Å². The Labute approximate surface area is 119 Å². The normalized spacial score (nSPS) is 19.2. The van der Waals surface area contributed by atoms with Gasteiger partial charge in [-0.15, -0.1) is 12.4 Å². The van der Waals surface area contributed by atoms with Gasteiger partial charge < -0.3 is 10.2 Å². The Morgan fingerprint density at radius 2 is 2.11 bits per heavy atom. The molecule has 0 bridgehead atoms. The Morgan fingerprint density at radius 3 is 2.72 bits per heavy atom. The van der Waals surface area contributed by atoms with Crippen molar-refractivity contribution in [3.8, 4) is 0 Å². The van der Waals surface area contributed by atoms with Gasteiger partial charge in [-0.2, -0.15) is 0 Å². The van der Waals surface area contributed by atoms with Crippen molar-refractivity contribution in [1.29, 1.82) is 0 Å². The number of piperazine rings is 1. The number of benzene rings is 1. The fourth-order valence-corrected chi connectivity index (χ4v) is 2.22. The molecule has 1 fully saturated rings. The number of carbonyl (C=O) groups is 1. The summed E-state index contributed by atoms with van der Waals surface area (Å²) in [5.41, 5.74) is 1.02. The molecule has 1 saturated heterocycles. The van der Waals surface area contributed by atoms with Crippen LogP contribution < -0.4 is 5.32 Å². The van der Waals surface area contributed by atoms with E-state index in [2.05, 4.69) is 12.2 Å². The van der Waals surface area contributed by atoms with Crippen molar-refractivity contribution in [2.75, 3.05) is 19.6 Å². The molecular weight excluding hydrogens is 271 g/mol. The van der Waals surface area contributed by atoms with E-state index in [9.17, 15) is 4.79 Å². The van der Waals surface area contributed by atoms with Crippen LogP contribution in [-0.2, 0) is 11.2 Å². The molecule has 1 atom stereocenters. The fraction of sp³-hybridized carbons (Fsp3) is 0.462. The number of rotatable bonds is 2. The summed E-state index contributed by atoms with van der Waals surface area (Å²) in [7, 11) is 0. The average Bonchev–Trinajstić information content (AvgIpc) is 2.32. The molecule has 18 heavy (non-hydrogen) atoms. The molecule has 0 unspecified atom stereocenters. The zero-order valence-electron chi connectivity index (χ0n) is 10.4. The third-order valence-corrected chi connectivity index (χ3v) is 3.34. The van der Waals surface area contributed by atoms with Crippen LogP contribution in [0.4, 0.5) is 0 Å². The van der Waals surface area contributed by atoms with Crippen LogP contribution in [0.2, 0.25) is 5.02 Å². The van der Waals surface area contributed by atoms with Crippen molar-refractivity contribution in [1.82, 2.24) is 10.2 Å². The quantitative estimate of drug-likeness (QED) is 0.904. The number of nitrogens with zero attached hydrogens (tertiary/aromatic N) is 1. The molecule has 0 radical (unpaired) electrons. The lowest BCUT2D eigenvalue weighted by molar-refractivity contribution is -0.133. The summed E-state index contributed by atoms with van der Waals surface area (Å²) in [5, 5.41) is 3.98. The molecule has 3 nitrogen and oxygen atoms in total. The maximum Gasteiger partial charge on any atom is 0.227 e. The molecule has 0 aliphatic carbocycles. The van der Waals surface area contributed by atoms with Gasteiger partial charge in [-0.1, -0.05) is 23.7 Å². The molecule has 0 saturated carbocycles. The van der Waals surface area contributed by atoms with Crippen molar-refractivity contribution >= 4 is 29.9 Å². The van der Waals surface area contributed by atoms with Crippen LogP contribution in [-0.4, -0.2) is 36.5 Å². The predicted octanol–water partition coefficient (Wildman–Crippen LogP) is 2.12. The summed E-state index contributed by atoms with van der Waals surface area (Å²) in [6.45, 7) is 4.64. The van der Waals surface area contributed by atoms with Gasteiger partial charge >= 0.3 is 0 Å². The first kappa shape index (κ1) is 15.3. The molecule has 0 aromatic heterocycles. The first-order valence-corrected chi connectivity index (χ1v) is 6.29. The first-order valence-electron chi connectivity index (χ1n) is 5.91. The van der Waals surface area contributed by atoms with Crippen LogP contribution >= 0.6 is 24.0 Å². The van der Waals surface area contributed by atoms with E-state index in [0.717, 1.165) is 25.2 Å². The summed E-state index contributed by atoms with van der Waals surface area (Å²) in [6, 6.07) is 7.75. The van der Waals surface area contributed by atoms with Crippen LogP contribution in [0.25, 0.3) is 0 Å². The number of nitrogens with one attached hydrogen (secondary N) is 1. The molecule has 100 valence electrons. The minimum Gasteiger partial charge on any atom is -0.337 e. The monoisotopic (exact) mass is 288 g/mol. The summed E-state index contributed by atoms with van der Waals surface area (Å²) in [6.07, 6.45) is 0.460. The number of carbonyl (C=O) groups excluding carboxylic acids is 1. The topological polar surface area (TPSA) is 32.3 Å². The van der Waals surface area contributed by atoms with Crippen molar-refractivity contribution in [3.63, 3.8) is 0 Å². The molecule has 1 aromatic rings. The van der Waals surface area contributed by atoms with E-state index < -0.39 is 0 Å². The molecule has 2 rings (SSSR count). The molecular formula is C13H18Cl2N2O. The summed E-state index contributed by atoms with van der Waals surface area (Å²) in [4.78, 5) is 14.1. The number of halogens is 2. The second kappa shape index (κ2) is 6.98. The molecule has 1 aliphatic heterocycles. The second-order valence-electron chi connectivity index (χ2n) is 4.44. The van der Waals surface area contributed by atoms with Crippen LogP contribution in [0.3, 0.4) is 0 Å². The summed E-state index contributed by atoms with van der Waals surface area (Å²) >= 11 is 5.82. The highest BCUT2D eigenvalue weighted by atomic mass is 35.5. The SMILES string of the molecule is C[C@H]1CNCCN1C(=O)Cc1ccc(Cl)cc1.Cl. The Kier molecular flexibility index (Phi) is 5.93. The van der Waals surface area contributed by atoms with Crippen LogP contribution in [0.15, 0.2) is 24.3 Å². The van der Waals surface area contributed by atoms with Crippen molar-refractivity contribution in [2.45, 2.75) is 19.4 Å². The Balaban J connectivity index is 0.00000162. The minimum absolute atomic E-state index is 0. The van der Waals surface area contributed by atoms with Gasteiger partial charge in [0.05, 0.1) is 6.42 Å². The zero-order chi connectivity index (χ0) is 12.3. The third-order valence-electron chi connectivity index (χ3n) is 3.09. The molecule has 1 amide bonds. The van der Waals surface area contributed by atoms with E-state index in [4.69, 9.17) is 11.6 Å². The van der Waals surface area contributed by atoms with E-state index in [-0.39, 0.29) is 24.4 Å². The smallest absolute Gasteiger partial charge is 0.227 e. The Bertz CT molecular complexity index is 394.